The van der Waals surface area contributed by atoms with E-state index in [9.17, 15) is 4.79 Å². The van der Waals surface area contributed by atoms with Crippen molar-refractivity contribution in [3.05, 3.63) is 0 Å². The summed E-state index contributed by atoms with van der Waals surface area (Å²) in [5.74, 6) is 1.52. The summed E-state index contributed by atoms with van der Waals surface area (Å²) >= 11 is 3.05. The van der Waals surface area contributed by atoms with Crippen LogP contribution in [0.1, 0.15) is 45.4 Å². The zero-order valence-corrected chi connectivity index (χ0v) is 14.7. The van der Waals surface area contributed by atoms with Crippen molar-refractivity contribution in [1.82, 2.24) is 15.1 Å². The van der Waals surface area contributed by atoms with E-state index in [1.807, 2.05) is 6.92 Å². The monoisotopic (exact) mass is 340 g/mol. The Kier molecular flexibility index (Phi) is 5.57. The zero-order valence-electron chi connectivity index (χ0n) is 13.1. The van der Waals surface area contributed by atoms with Crippen LogP contribution in [0, 0.1) is 5.92 Å². The summed E-state index contributed by atoms with van der Waals surface area (Å²) < 4.78 is 0.876. The Labute approximate surface area is 140 Å². The fraction of sp³-hybridized carbons (Fsp3) is 0.800. The maximum Gasteiger partial charge on any atom is 0.233 e. The number of nitrogens with zero attached hydrogens (tertiary/aromatic N) is 3. The molecule has 1 amide bonds. The van der Waals surface area contributed by atoms with E-state index in [1.165, 1.54) is 61.6 Å². The molecule has 122 valence electrons. The summed E-state index contributed by atoms with van der Waals surface area (Å²) in [4.78, 5) is 14.8. The first-order chi connectivity index (χ1) is 10.8. The van der Waals surface area contributed by atoms with Crippen LogP contribution in [-0.4, -0.2) is 45.9 Å². The maximum atomic E-state index is 12.6. The predicted octanol–water partition coefficient (Wildman–Crippen LogP) is 3.24. The summed E-state index contributed by atoms with van der Waals surface area (Å²) in [6.07, 6.45) is 7.61. The smallest absolute Gasteiger partial charge is 0.233 e. The number of aromatic nitrogens is 2. The Hall–Kier alpha value is -0.820. The molecule has 0 aromatic carbocycles. The van der Waals surface area contributed by atoms with Crippen molar-refractivity contribution in [2.24, 2.45) is 5.92 Å². The number of piperidine rings is 1. The van der Waals surface area contributed by atoms with Crippen LogP contribution < -0.4 is 5.32 Å². The van der Waals surface area contributed by atoms with Gasteiger partial charge in [-0.2, -0.15) is 0 Å². The van der Waals surface area contributed by atoms with E-state index in [0.717, 1.165) is 28.5 Å². The minimum absolute atomic E-state index is 0.279. The highest BCUT2D eigenvalue weighted by atomic mass is 32.2. The Bertz CT molecular complexity index is 505. The van der Waals surface area contributed by atoms with Crippen LogP contribution in [0.25, 0.3) is 0 Å². The first-order valence-electron chi connectivity index (χ1n) is 8.27. The number of likely N-dealkylation sites (tertiary alicyclic amines) is 1. The van der Waals surface area contributed by atoms with Gasteiger partial charge in [-0.3, -0.25) is 4.79 Å². The number of rotatable bonds is 5. The van der Waals surface area contributed by atoms with Crippen molar-refractivity contribution in [3.8, 4) is 0 Å². The number of hydrogen-bond acceptors (Lipinski definition) is 6. The molecule has 0 radical (unpaired) electrons. The molecule has 7 heteroatoms. The van der Waals surface area contributed by atoms with Gasteiger partial charge in [0.05, 0.1) is 5.75 Å². The van der Waals surface area contributed by atoms with Gasteiger partial charge in [-0.15, -0.1) is 10.2 Å². The number of carbonyl (C=O) groups excluding carboxylic acids is 1. The van der Waals surface area contributed by atoms with Crippen LogP contribution >= 0.6 is 23.1 Å². The molecule has 0 spiro atoms. The summed E-state index contributed by atoms with van der Waals surface area (Å²) in [6, 6.07) is 0.502. The highest BCUT2D eigenvalue weighted by molar-refractivity contribution is 8.01. The molecular weight excluding hydrogens is 316 g/mol. The number of amides is 1. The number of fused-ring (bicyclic) bond motifs is 1. The fourth-order valence-corrected chi connectivity index (χ4v) is 5.34. The number of carbonyl (C=O) groups is 1. The van der Waals surface area contributed by atoms with Gasteiger partial charge >= 0.3 is 0 Å². The molecule has 2 fully saturated rings. The second-order valence-corrected chi connectivity index (χ2v) is 8.23. The molecule has 1 aliphatic heterocycles. The number of hydrogen-bond donors (Lipinski definition) is 1. The van der Waals surface area contributed by atoms with Gasteiger partial charge in [-0.25, -0.2) is 0 Å². The summed E-state index contributed by atoms with van der Waals surface area (Å²) in [7, 11) is 0. The van der Waals surface area contributed by atoms with Crippen molar-refractivity contribution in [3.63, 3.8) is 0 Å². The number of nitrogens with one attached hydrogen (secondary N) is 1. The summed E-state index contributed by atoms with van der Waals surface area (Å²) in [6.45, 7) is 3.82. The molecule has 1 aromatic rings. The third-order valence-electron chi connectivity index (χ3n) is 4.62. The molecular formula is C15H24N4OS2. The number of anilines is 1. The van der Waals surface area contributed by atoms with E-state index in [-0.39, 0.29) is 5.91 Å². The Balaban J connectivity index is 1.54. The van der Waals surface area contributed by atoms with E-state index in [0.29, 0.717) is 11.8 Å². The molecule has 22 heavy (non-hydrogen) atoms. The molecule has 2 unspecified atom stereocenters. The normalized spacial score (nSPS) is 24.9. The zero-order chi connectivity index (χ0) is 15.4. The lowest BCUT2D eigenvalue weighted by Crippen LogP contribution is -2.50. The Morgan fingerprint density at radius 3 is 3.00 bits per heavy atom. The van der Waals surface area contributed by atoms with Gasteiger partial charge in [0.15, 0.2) is 4.34 Å². The molecule has 5 nitrogen and oxygen atoms in total. The van der Waals surface area contributed by atoms with Crippen LogP contribution in [0.4, 0.5) is 5.13 Å². The van der Waals surface area contributed by atoms with Crippen molar-refractivity contribution < 1.29 is 4.79 Å². The lowest BCUT2D eigenvalue weighted by Gasteiger charge is -2.44. The van der Waals surface area contributed by atoms with E-state index >= 15 is 0 Å². The van der Waals surface area contributed by atoms with E-state index in [1.54, 1.807) is 0 Å². The average molecular weight is 341 g/mol. The molecule has 1 saturated heterocycles. The number of thioether (sulfide) groups is 1. The van der Waals surface area contributed by atoms with Gasteiger partial charge in [0.25, 0.3) is 0 Å². The Morgan fingerprint density at radius 1 is 1.32 bits per heavy atom. The van der Waals surface area contributed by atoms with Crippen molar-refractivity contribution in [1.29, 1.82) is 0 Å². The third-order valence-corrected chi connectivity index (χ3v) is 6.62. The molecule has 2 aliphatic rings. The standard InChI is InChI=1S/C15H24N4OS2/c1-2-16-14-17-18-15(22-14)21-10-13(20)19-9-5-7-11-6-3-4-8-12(11)19/h11-12H,2-10H2,1H3,(H,16,17). The fourth-order valence-electron chi connectivity index (χ4n) is 3.63. The van der Waals surface area contributed by atoms with Crippen LogP contribution in [0.5, 0.6) is 0 Å². The van der Waals surface area contributed by atoms with E-state index in [4.69, 9.17) is 0 Å². The van der Waals surface area contributed by atoms with Gasteiger partial charge in [-0.05, 0) is 38.5 Å². The van der Waals surface area contributed by atoms with Gasteiger partial charge in [-0.1, -0.05) is 35.9 Å². The second-order valence-electron chi connectivity index (χ2n) is 6.03. The van der Waals surface area contributed by atoms with Gasteiger partial charge < -0.3 is 10.2 Å². The van der Waals surface area contributed by atoms with Gasteiger partial charge in [0.1, 0.15) is 0 Å². The van der Waals surface area contributed by atoms with Crippen LogP contribution in [0.3, 0.4) is 0 Å². The van der Waals surface area contributed by atoms with Crippen LogP contribution in [0.2, 0.25) is 0 Å². The molecule has 0 bridgehead atoms. The maximum absolute atomic E-state index is 12.6. The van der Waals surface area contributed by atoms with Crippen molar-refractivity contribution in [2.75, 3.05) is 24.2 Å². The molecule has 1 saturated carbocycles. The molecule has 2 atom stereocenters. The van der Waals surface area contributed by atoms with Gasteiger partial charge in [0.2, 0.25) is 11.0 Å². The minimum Gasteiger partial charge on any atom is -0.360 e. The molecule has 2 heterocycles. The van der Waals surface area contributed by atoms with E-state index in [2.05, 4.69) is 20.4 Å². The average Bonchev–Trinajstić information content (AvgIpc) is 3.00. The second kappa shape index (κ2) is 7.64. The largest absolute Gasteiger partial charge is 0.360 e. The van der Waals surface area contributed by atoms with Crippen LogP contribution in [0.15, 0.2) is 4.34 Å². The highest BCUT2D eigenvalue weighted by Crippen LogP contribution is 2.36. The van der Waals surface area contributed by atoms with E-state index < -0.39 is 0 Å². The van der Waals surface area contributed by atoms with Crippen molar-refractivity contribution >= 4 is 34.1 Å². The highest BCUT2D eigenvalue weighted by Gasteiger charge is 2.35. The first-order valence-corrected chi connectivity index (χ1v) is 10.1. The van der Waals surface area contributed by atoms with Crippen LogP contribution in [-0.2, 0) is 4.79 Å². The Morgan fingerprint density at radius 2 is 2.14 bits per heavy atom. The summed E-state index contributed by atoms with van der Waals surface area (Å²) in [5.41, 5.74) is 0. The third kappa shape index (κ3) is 3.74. The quantitative estimate of drug-likeness (QED) is 0.834. The minimum atomic E-state index is 0.279. The first kappa shape index (κ1) is 16.1. The lowest BCUT2D eigenvalue weighted by atomic mass is 9.78. The van der Waals surface area contributed by atoms with Gasteiger partial charge in [0, 0.05) is 19.1 Å². The lowest BCUT2D eigenvalue weighted by molar-refractivity contribution is -0.134. The SMILES string of the molecule is CCNc1nnc(SCC(=O)N2CCCC3CCCCC32)s1. The molecule has 3 rings (SSSR count). The molecule has 1 N–H and O–H groups in total. The predicted molar refractivity (Wildman–Crippen MR) is 91.5 cm³/mol. The topological polar surface area (TPSA) is 58.1 Å². The molecule has 1 aliphatic carbocycles. The molecule has 1 aromatic heterocycles. The van der Waals surface area contributed by atoms with Crippen molar-refractivity contribution in [2.45, 2.75) is 55.8 Å². The summed E-state index contributed by atoms with van der Waals surface area (Å²) in [5, 5.41) is 12.2.